The zero-order valence-corrected chi connectivity index (χ0v) is 13.1. The maximum Gasteiger partial charge on any atom is 0.0358 e. The molecule has 3 heteroatoms. The Balaban J connectivity index is 2.75. The van der Waals surface area contributed by atoms with Crippen LogP contribution in [0, 0.1) is 0 Å². The standard InChI is InChI=1S/C15H33N3/c1-6-14(5)18(7-2)15(12-16)8-10-17(11-9-15)13(3)4/h13-14H,6-12,16H2,1-5H3. The molecular weight excluding hydrogens is 222 g/mol. The van der Waals surface area contributed by atoms with Crippen molar-refractivity contribution in [1.82, 2.24) is 9.80 Å². The molecule has 0 spiro atoms. The van der Waals surface area contributed by atoms with Crippen molar-refractivity contribution in [1.29, 1.82) is 0 Å². The highest BCUT2D eigenvalue weighted by Crippen LogP contribution is 2.31. The van der Waals surface area contributed by atoms with Gasteiger partial charge in [0.05, 0.1) is 0 Å². The molecule has 1 fully saturated rings. The molecule has 1 rings (SSSR count). The number of nitrogens with two attached hydrogens (primary N) is 1. The molecule has 0 aromatic carbocycles. The molecule has 18 heavy (non-hydrogen) atoms. The van der Waals surface area contributed by atoms with E-state index >= 15 is 0 Å². The van der Waals surface area contributed by atoms with Crippen LogP contribution in [0.1, 0.15) is 53.9 Å². The highest BCUT2D eigenvalue weighted by Gasteiger charge is 2.39. The molecule has 0 aromatic heterocycles. The van der Waals surface area contributed by atoms with E-state index in [0.717, 1.165) is 13.1 Å². The van der Waals surface area contributed by atoms with Gasteiger partial charge in [-0.1, -0.05) is 13.8 Å². The molecular formula is C15H33N3. The van der Waals surface area contributed by atoms with Gasteiger partial charge in [0, 0.05) is 37.3 Å². The van der Waals surface area contributed by atoms with Gasteiger partial charge in [0.2, 0.25) is 0 Å². The number of hydrogen-bond acceptors (Lipinski definition) is 3. The molecule has 108 valence electrons. The summed E-state index contributed by atoms with van der Waals surface area (Å²) in [6, 6.07) is 1.31. The van der Waals surface area contributed by atoms with Crippen LogP contribution in [0.25, 0.3) is 0 Å². The number of likely N-dealkylation sites (tertiary alicyclic amines) is 1. The van der Waals surface area contributed by atoms with E-state index in [-0.39, 0.29) is 5.54 Å². The van der Waals surface area contributed by atoms with Crippen molar-refractivity contribution in [2.75, 3.05) is 26.2 Å². The van der Waals surface area contributed by atoms with E-state index in [0.29, 0.717) is 12.1 Å². The first-order chi connectivity index (χ1) is 8.50. The highest BCUT2D eigenvalue weighted by atomic mass is 15.3. The topological polar surface area (TPSA) is 32.5 Å². The fourth-order valence-corrected chi connectivity index (χ4v) is 3.40. The molecule has 1 heterocycles. The second-order valence-corrected chi connectivity index (χ2v) is 6.10. The normalized spacial score (nSPS) is 22.7. The van der Waals surface area contributed by atoms with Crippen LogP contribution in [0.15, 0.2) is 0 Å². The summed E-state index contributed by atoms with van der Waals surface area (Å²) in [5.74, 6) is 0. The van der Waals surface area contributed by atoms with E-state index in [1.54, 1.807) is 0 Å². The maximum absolute atomic E-state index is 6.17. The van der Waals surface area contributed by atoms with E-state index in [1.807, 2.05) is 0 Å². The smallest absolute Gasteiger partial charge is 0.0358 e. The minimum Gasteiger partial charge on any atom is -0.329 e. The number of piperidine rings is 1. The highest BCUT2D eigenvalue weighted by molar-refractivity contribution is 4.98. The molecule has 1 atom stereocenters. The van der Waals surface area contributed by atoms with Crippen LogP contribution in [-0.2, 0) is 0 Å². The van der Waals surface area contributed by atoms with Crippen molar-refractivity contribution in [3.05, 3.63) is 0 Å². The van der Waals surface area contributed by atoms with Crippen molar-refractivity contribution >= 4 is 0 Å². The second-order valence-electron chi connectivity index (χ2n) is 6.10. The van der Waals surface area contributed by atoms with Crippen molar-refractivity contribution in [2.24, 2.45) is 5.73 Å². The van der Waals surface area contributed by atoms with E-state index in [4.69, 9.17) is 5.73 Å². The van der Waals surface area contributed by atoms with Crippen molar-refractivity contribution in [2.45, 2.75) is 71.5 Å². The van der Waals surface area contributed by atoms with Gasteiger partial charge in [-0.3, -0.25) is 4.90 Å². The first-order valence-corrected chi connectivity index (χ1v) is 7.71. The summed E-state index contributed by atoms with van der Waals surface area (Å²) < 4.78 is 0. The van der Waals surface area contributed by atoms with Gasteiger partial charge in [-0.2, -0.15) is 0 Å². The van der Waals surface area contributed by atoms with Gasteiger partial charge in [-0.25, -0.2) is 0 Å². The van der Waals surface area contributed by atoms with Gasteiger partial charge in [0.25, 0.3) is 0 Å². The molecule has 1 saturated heterocycles. The minimum atomic E-state index is 0.246. The summed E-state index contributed by atoms with van der Waals surface area (Å²) >= 11 is 0. The second kappa shape index (κ2) is 6.88. The lowest BCUT2D eigenvalue weighted by Crippen LogP contribution is -2.62. The van der Waals surface area contributed by atoms with E-state index in [1.165, 1.54) is 32.4 Å². The van der Waals surface area contributed by atoms with Crippen molar-refractivity contribution < 1.29 is 0 Å². The summed E-state index contributed by atoms with van der Waals surface area (Å²) in [6.07, 6.45) is 3.66. The molecule has 0 radical (unpaired) electrons. The Bertz CT molecular complexity index is 232. The van der Waals surface area contributed by atoms with Crippen LogP contribution in [0.4, 0.5) is 0 Å². The molecule has 0 bridgehead atoms. The summed E-state index contributed by atoms with van der Waals surface area (Å²) in [5.41, 5.74) is 6.41. The Morgan fingerprint density at radius 2 is 1.72 bits per heavy atom. The largest absolute Gasteiger partial charge is 0.329 e. The fraction of sp³-hybridized carbons (Fsp3) is 1.00. The Morgan fingerprint density at radius 3 is 2.06 bits per heavy atom. The van der Waals surface area contributed by atoms with Crippen molar-refractivity contribution in [3.8, 4) is 0 Å². The van der Waals surface area contributed by atoms with Crippen LogP contribution >= 0.6 is 0 Å². The van der Waals surface area contributed by atoms with E-state index in [9.17, 15) is 0 Å². The molecule has 3 nitrogen and oxygen atoms in total. The predicted molar refractivity (Wildman–Crippen MR) is 79.9 cm³/mol. The van der Waals surface area contributed by atoms with Gasteiger partial charge in [0.15, 0.2) is 0 Å². The number of nitrogens with zero attached hydrogens (tertiary/aromatic N) is 2. The predicted octanol–water partition coefficient (Wildman–Crippen LogP) is 2.31. The van der Waals surface area contributed by atoms with Crippen molar-refractivity contribution in [3.63, 3.8) is 0 Å². The lowest BCUT2D eigenvalue weighted by Gasteiger charge is -2.51. The molecule has 1 unspecified atom stereocenters. The Labute approximate surface area is 114 Å². The summed E-state index contributed by atoms with van der Waals surface area (Å²) in [5, 5.41) is 0. The average molecular weight is 255 g/mol. The van der Waals surface area contributed by atoms with Crippen LogP contribution < -0.4 is 5.73 Å². The van der Waals surface area contributed by atoms with E-state index < -0.39 is 0 Å². The van der Waals surface area contributed by atoms with Gasteiger partial charge < -0.3 is 10.6 Å². The minimum absolute atomic E-state index is 0.246. The van der Waals surface area contributed by atoms with Gasteiger partial charge in [-0.15, -0.1) is 0 Å². The molecule has 0 amide bonds. The fourth-order valence-electron chi connectivity index (χ4n) is 3.40. The summed E-state index contributed by atoms with van der Waals surface area (Å²) in [4.78, 5) is 5.24. The van der Waals surface area contributed by atoms with Crippen LogP contribution in [0.2, 0.25) is 0 Å². The Kier molecular flexibility index (Phi) is 6.09. The third-order valence-electron chi connectivity index (χ3n) is 4.91. The first-order valence-electron chi connectivity index (χ1n) is 7.71. The van der Waals surface area contributed by atoms with Gasteiger partial charge in [-0.05, 0) is 46.6 Å². The zero-order valence-electron chi connectivity index (χ0n) is 13.1. The molecule has 1 aliphatic rings. The summed E-state index contributed by atoms with van der Waals surface area (Å²) in [6.45, 7) is 15.8. The third kappa shape index (κ3) is 3.25. The van der Waals surface area contributed by atoms with Crippen LogP contribution in [0.5, 0.6) is 0 Å². The van der Waals surface area contributed by atoms with Crippen LogP contribution in [0.3, 0.4) is 0 Å². The molecule has 0 saturated carbocycles. The lowest BCUT2D eigenvalue weighted by molar-refractivity contribution is -0.00303. The molecule has 1 aliphatic heterocycles. The molecule has 2 N–H and O–H groups in total. The average Bonchev–Trinajstić information content (AvgIpc) is 2.39. The third-order valence-corrected chi connectivity index (χ3v) is 4.91. The zero-order chi connectivity index (χ0) is 13.8. The van der Waals surface area contributed by atoms with Crippen LogP contribution in [-0.4, -0.2) is 53.6 Å². The monoisotopic (exact) mass is 255 g/mol. The van der Waals surface area contributed by atoms with Gasteiger partial charge >= 0.3 is 0 Å². The Morgan fingerprint density at radius 1 is 1.17 bits per heavy atom. The van der Waals surface area contributed by atoms with E-state index in [2.05, 4.69) is 44.4 Å². The van der Waals surface area contributed by atoms with Gasteiger partial charge in [0.1, 0.15) is 0 Å². The number of likely N-dealkylation sites (N-methyl/N-ethyl adjacent to an activating group) is 1. The SMILES string of the molecule is CCC(C)N(CC)C1(CN)CCN(C(C)C)CC1. The Hall–Kier alpha value is -0.120. The first kappa shape index (κ1) is 15.9. The summed E-state index contributed by atoms with van der Waals surface area (Å²) in [7, 11) is 0. The maximum atomic E-state index is 6.17. The lowest BCUT2D eigenvalue weighted by atomic mass is 9.83. The quantitative estimate of drug-likeness (QED) is 0.790. The molecule has 0 aliphatic carbocycles. The number of rotatable bonds is 6. The molecule has 0 aromatic rings. The number of hydrogen-bond donors (Lipinski definition) is 1.